The molecule has 0 amide bonds. The Morgan fingerprint density at radius 3 is 2.22 bits per heavy atom. The second-order valence-corrected chi connectivity index (χ2v) is 13.2. The van der Waals surface area contributed by atoms with E-state index in [-0.39, 0.29) is 21.8 Å². The van der Waals surface area contributed by atoms with Crippen LogP contribution in [0.15, 0.2) is 29.2 Å². The van der Waals surface area contributed by atoms with Gasteiger partial charge in [-0.3, -0.25) is 0 Å². The van der Waals surface area contributed by atoms with Gasteiger partial charge in [0, 0.05) is 17.4 Å². The number of rotatable bonds is 5. The molecule has 2 N–H and O–H groups in total. The highest BCUT2D eigenvalue weighted by atomic mass is 32.2. The van der Waals surface area contributed by atoms with Gasteiger partial charge in [-0.25, -0.2) is 13.6 Å². The van der Waals surface area contributed by atoms with Gasteiger partial charge in [0.2, 0.25) is 10.0 Å². The maximum absolute atomic E-state index is 12.5. The number of nitrogens with zero attached hydrogens (tertiary/aromatic N) is 1. The lowest BCUT2D eigenvalue weighted by Crippen LogP contribution is -2.22. The molecule has 176 valence electrons. The average Bonchev–Trinajstić information content (AvgIpc) is 3.37. The number of nitrogens with two attached hydrogens (primary N) is 1. The molecule has 2 aromatic rings. The molecule has 0 spiro atoms. The Morgan fingerprint density at radius 1 is 1.06 bits per heavy atom. The fraction of sp³-hybridized carbons (Fsp3) is 0.630. The lowest BCUT2D eigenvalue weighted by atomic mass is 9.82. The monoisotopic (exact) mass is 456 g/mol. The van der Waals surface area contributed by atoms with Crippen molar-refractivity contribution in [2.75, 3.05) is 0 Å². The molecule has 2 saturated carbocycles. The molecule has 4 nitrogen and oxygen atoms in total. The van der Waals surface area contributed by atoms with Crippen molar-refractivity contribution >= 4 is 10.0 Å². The molecule has 1 heterocycles. The molecule has 1 atom stereocenters. The summed E-state index contributed by atoms with van der Waals surface area (Å²) in [6.07, 6.45) is 8.65. The van der Waals surface area contributed by atoms with Crippen LogP contribution in [0.2, 0.25) is 0 Å². The third-order valence-electron chi connectivity index (χ3n) is 8.08. The van der Waals surface area contributed by atoms with E-state index >= 15 is 0 Å². The minimum atomic E-state index is -3.79. The van der Waals surface area contributed by atoms with Gasteiger partial charge in [0.15, 0.2) is 0 Å². The predicted octanol–water partition coefficient (Wildman–Crippen LogP) is 6.60. The molecule has 32 heavy (non-hydrogen) atoms. The van der Waals surface area contributed by atoms with E-state index in [1.165, 1.54) is 56.1 Å². The quantitative estimate of drug-likeness (QED) is 0.551. The Morgan fingerprint density at radius 2 is 1.69 bits per heavy atom. The first-order valence-electron chi connectivity index (χ1n) is 12.2. The molecular weight excluding hydrogens is 416 g/mol. The van der Waals surface area contributed by atoms with Crippen molar-refractivity contribution in [2.45, 2.75) is 108 Å². The fourth-order valence-electron chi connectivity index (χ4n) is 5.49. The van der Waals surface area contributed by atoms with Gasteiger partial charge >= 0.3 is 0 Å². The maximum Gasteiger partial charge on any atom is 0.239 e. The first-order chi connectivity index (χ1) is 14.8. The van der Waals surface area contributed by atoms with Crippen LogP contribution in [0.5, 0.6) is 0 Å². The number of benzene rings is 1. The minimum Gasteiger partial charge on any atom is -0.340 e. The van der Waals surface area contributed by atoms with Crippen molar-refractivity contribution < 1.29 is 8.42 Å². The Labute approximate surface area is 194 Å². The summed E-state index contributed by atoms with van der Waals surface area (Å²) in [7, 11) is -3.79. The summed E-state index contributed by atoms with van der Waals surface area (Å²) in [5, 5.41) is 5.66. The van der Waals surface area contributed by atoms with Crippen LogP contribution in [0.4, 0.5) is 0 Å². The highest BCUT2D eigenvalue weighted by Crippen LogP contribution is 2.49. The summed E-state index contributed by atoms with van der Waals surface area (Å²) in [5.74, 6) is 0.563. The van der Waals surface area contributed by atoms with Crippen molar-refractivity contribution in [1.29, 1.82) is 0 Å². The largest absolute Gasteiger partial charge is 0.340 e. The molecule has 0 saturated heterocycles. The van der Waals surface area contributed by atoms with E-state index in [1.807, 2.05) is 13.0 Å². The average molecular weight is 457 g/mol. The first-order valence-corrected chi connectivity index (χ1v) is 13.8. The number of sulfonamides is 1. The van der Waals surface area contributed by atoms with E-state index in [4.69, 9.17) is 5.14 Å². The molecule has 0 bridgehead atoms. The van der Waals surface area contributed by atoms with Gasteiger partial charge in [-0.15, -0.1) is 0 Å². The van der Waals surface area contributed by atoms with Gasteiger partial charge in [-0.05, 0) is 91.2 Å². The van der Waals surface area contributed by atoms with Crippen LogP contribution in [0.3, 0.4) is 0 Å². The molecule has 0 radical (unpaired) electrons. The van der Waals surface area contributed by atoms with Crippen molar-refractivity contribution in [3.8, 4) is 11.3 Å². The number of primary sulfonamides is 1. The highest BCUT2D eigenvalue weighted by molar-refractivity contribution is 7.89. The zero-order valence-electron chi connectivity index (χ0n) is 20.7. The normalized spacial score (nSPS) is 20.3. The summed E-state index contributed by atoms with van der Waals surface area (Å²) in [4.78, 5) is 0.260. The second kappa shape index (κ2) is 8.02. The van der Waals surface area contributed by atoms with Crippen LogP contribution in [0.1, 0.15) is 102 Å². The molecule has 2 fully saturated rings. The molecule has 1 aromatic heterocycles. The maximum atomic E-state index is 12.5. The number of hydrogen-bond acceptors (Lipinski definition) is 2. The van der Waals surface area contributed by atoms with E-state index in [0.717, 1.165) is 17.0 Å². The standard InChI is InChI=1S/C27H40N2O2S/c1-18(20-10-8-7-9-11-20)29-19(2)25(32(28,30)31)17-24(29)21-14-22(26(3,4)5)16-23(15-21)27(6)12-13-27/h14-18,20H,7-13H2,1-6H3,(H2,28,30,31). The van der Waals surface area contributed by atoms with Gasteiger partial charge in [0.1, 0.15) is 4.90 Å². The molecule has 1 unspecified atom stereocenters. The van der Waals surface area contributed by atoms with E-state index in [0.29, 0.717) is 5.92 Å². The lowest BCUT2D eigenvalue weighted by molar-refractivity contribution is 0.263. The smallest absolute Gasteiger partial charge is 0.239 e. The van der Waals surface area contributed by atoms with Crippen molar-refractivity contribution in [3.05, 3.63) is 41.1 Å². The first kappa shape index (κ1) is 23.6. The van der Waals surface area contributed by atoms with Crippen LogP contribution in [0.25, 0.3) is 11.3 Å². The molecular formula is C27H40N2O2S. The highest BCUT2D eigenvalue weighted by Gasteiger charge is 2.40. The zero-order chi connectivity index (χ0) is 23.5. The molecule has 0 aliphatic heterocycles. The van der Waals surface area contributed by atoms with Gasteiger partial charge < -0.3 is 4.57 Å². The lowest BCUT2D eigenvalue weighted by Gasteiger charge is -2.31. The van der Waals surface area contributed by atoms with Crippen LogP contribution < -0.4 is 5.14 Å². The summed E-state index contributed by atoms with van der Waals surface area (Å²) in [6.45, 7) is 13.3. The molecule has 5 heteroatoms. The Balaban J connectivity index is 1.93. The Kier molecular flexibility index (Phi) is 5.90. The van der Waals surface area contributed by atoms with Crippen molar-refractivity contribution in [3.63, 3.8) is 0 Å². The SMILES string of the molecule is Cc1c(S(N)(=O)=O)cc(-c2cc(C(C)(C)C)cc(C3(C)CC3)c2)n1C(C)C1CCCCC1. The second-order valence-electron chi connectivity index (χ2n) is 11.6. The number of hydrogen-bond donors (Lipinski definition) is 1. The van der Waals surface area contributed by atoms with Crippen LogP contribution in [-0.4, -0.2) is 13.0 Å². The third-order valence-corrected chi connectivity index (χ3v) is 9.11. The van der Waals surface area contributed by atoms with E-state index in [9.17, 15) is 8.42 Å². The molecule has 2 aliphatic rings. The van der Waals surface area contributed by atoms with Crippen LogP contribution in [-0.2, 0) is 20.9 Å². The van der Waals surface area contributed by atoms with Gasteiger partial charge in [0.05, 0.1) is 0 Å². The molecule has 1 aromatic carbocycles. The van der Waals surface area contributed by atoms with Crippen LogP contribution in [0, 0.1) is 12.8 Å². The predicted molar refractivity (Wildman–Crippen MR) is 133 cm³/mol. The van der Waals surface area contributed by atoms with E-state index < -0.39 is 10.0 Å². The minimum absolute atomic E-state index is 0.0141. The van der Waals surface area contributed by atoms with Crippen molar-refractivity contribution in [1.82, 2.24) is 4.57 Å². The zero-order valence-corrected chi connectivity index (χ0v) is 21.5. The van der Waals surface area contributed by atoms with Crippen LogP contribution >= 0.6 is 0 Å². The Hall–Kier alpha value is -1.59. The third kappa shape index (κ3) is 4.43. The fourth-order valence-corrected chi connectivity index (χ4v) is 6.28. The topological polar surface area (TPSA) is 65.1 Å². The van der Waals surface area contributed by atoms with Gasteiger partial charge in [0.25, 0.3) is 0 Å². The van der Waals surface area contributed by atoms with Crippen molar-refractivity contribution in [2.24, 2.45) is 11.1 Å². The summed E-state index contributed by atoms with van der Waals surface area (Å²) in [5.41, 5.74) is 5.78. The summed E-state index contributed by atoms with van der Waals surface area (Å²) >= 11 is 0. The van der Waals surface area contributed by atoms with Gasteiger partial charge in [-0.2, -0.15) is 0 Å². The number of aromatic nitrogens is 1. The Bertz CT molecular complexity index is 1090. The van der Waals surface area contributed by atoms with E-state index in [2.05, 4.69) is 57.4 Å². The van der Waals surface area contributed by atoms with E-state index in [1.54, 1.807) is 0 Å². The molecule has 2 aliphatic carbocycles. The summed E-state index contributed by atoms with van der Waals surface area (Å²) in [6, 6.07) is 8.99. The summed E-state index contributed by atoms with van der Waals surface area (Å²) < 4.78 is 27.2. The van der Waals surface area contributed by atoms with Gasteiger partial charge in [-0.1, -0.05) is 53.0 Å². The molecule has 4 rings (SSSR count).